The highest BCUT2D eigenvalue weighted by molar-refractivity contribution is 7.84. The molecule has 2 aliphatic rings. The lowest BCUT2D eigenvalue weighted by Crippen LogP contribution is -2.49. The second kappa shape index (κ2) is 10.8. The molecule has 2 fully saturated rings. The first-order valence-corrected chi connectivity index (χ1v) is 14.4. The lowest BCUT2D eigenvalue weighted by atomic mass is 9.93. The predicted octanol–water partition coefficient (Wildman–Crippen LogP) is 3.66. The van der Waals surface area contributed by atoms with Gasteiger partial charge in [0.15, 0.2) is 0 Å². The van der Waals surface area contributed by atoms with Crippen LogP contribution >= 0.6 is 0 Å². The van der Waals surface area contributed by atoms with Crippen LogP contribution in [0, 0.1) is 5.92 Å². The first kappa shape index (κ1) is 25.7. The maximum absolute atomic E-state index is 14.4. The van der Waals surface area contributed by atoms with E-state index in [1.165, 1.54) is 19.0 Å². The summed E-state index contributed by atoms with van der Waals surface area (Å²) >= 11 is 0. The number of piperidine rings is 1. The van der Waals surface area contributed by atoms with Crippen LogP contribution in [0.15, 0.2) is 30.7 Å². The number of pyridine rings is 1. The Bertz CT molecular complexity index is 1290. The molecule has 0 amide bonds. The Morgan fingerprint density at radius 2 is 1.97 bits per heavy atom. The number of aromatic nitrogens is 4. The molecule has 0 saturated carbocycles. The van der Waals surface area contributed by atoms with Gasteiger partial charge in [0, 0.05) is 72.7 Å². The largest absolute Gasteiger partial charge is 0.378 e. The molecule has 198 valence electrons. The Labute approximate surface area is 219 Å². The van der Waals surface area contributed by atoms with Gasteiger partial charge in [-0.25, -0.2) is 19.3 Å². The van der Waals surface area contributed by atoms with E-state index in [0.29, 0.717) is 42.5 Å². The number of methoxy groups -OCH3 is 1. The van der Waals surface area contributed by atoms with Crippen LogP contribution in [0.25, 0.3) is 10.8 Å². The van der Waals surface area contributed by atoms with E-state index < -0.39 is 23.1 Å². The van der Waals surface area contributed by atoms with Gasteiger partial charge in [0.05, 0.1) is 12.6 Å². The summed E-state index contributed by atoms with van der Waals surface area (Å²) < 4.78 is 31.2. The number of fused-ring (bicyclic) bond motifs is 1. The number of nitrogens with one attached hydrogen (secondary N) is 1. The molecule has 0 radical (unpaired) electrons. The van der Waals surface area contributed by atoms with Crippen molar-refractivity contribution < 1.29 is 13.3 Å². The number of nitrogens with zero attached hydrogens (tertiary/aromatic N) is 6. The van der Waals surface area contributed by atoms with E-state index in [1.807, 2.05) is 17.2 Å². The molecule has 1 N–H and O–H groups in total. The van der Waals surface area contributed by atoms with Crippen LogP contribution in [0.2, 0.25) is 0 Å². The van der Waals surface area contributed by atoms with Crippen LogP contribution in [0.3, 0.4) is 0 Å². The number of alkyl halides is 1. The number of anilines is 4. The summed E-state index contributed by atoms with van der Waals surface area (Å²) in [5.74, 6) is 2.97. The summed E-state index contributed by atoms with van der Waals surface area (Å²) in [6.07, 6.45) is 4.19. The van der Waals surface area contributed by atoms with Crippen molar-refractivity contribution in [3.05, 3.63) is 36.3 Å². The maximum atomic E-state index is 14.4. The number of benzene rings is 1. The van der Waals surface area contributed by atoms with Crippen LogP contribution in [0.5, 0.6) is 0 Å². The smallest absolute Gasteiger partial charge is 0.233 e. The molecule has 0 aliphatic carbocycles. The minimum atomic E-state index is -1.09. The highest BCUT2D eigenvalue weighted by Crippen LogP contribution is 2.37. The maximum Gasteiger partial charge on any atom is 0.233 e. The Morgan fingerprint density at radius 3 is 2.68 bits per heavy atom. The molecule has 37 heavy (non-hydrogen) atoms. The van der Waals surface area contributed by atoms with E-state index in [0.717, 1.165) is 35.3 Å². The molecule has 1 aromatic carbocycles. The summed E-state index contributed by atoms with van der Waals surface area (Å²) in [6.45, 7) is 6.98. The molecule has 11 heteroatoms. The van der Waals surface area contributed by atoms with Crippen molar-refractivity contribution in [2.24, 2.45) is 5.92 Å². The molecule has 2 aromatic heterocycles. The van der Waals surface area contributed by atoms with Crippen molar-refractivity contribution >= 4 is 45.0 Å². The van der Waals surface area contributed by atoms with E-state index >= 15 is 0 Å². The van der Waals surface area contributed by atoms with Gasteiger partial charge >= 0.3 is 0 Å². The van der Waals surface area contributed by atoms with E-state index in [9.17, 15) is 8.60 Å². The Hall–Kier alpha value is -2.92. The fraction of sp³-hybridized carbons (Fsp3) is 0.538. The summed E-state index contributed by atoms with van der Waals surface area (Å²) in [5, 5.41) is 5.44. The molecule has 3 aromatic rings. The quantitative estimate of drug-likeness (QED) is 0.471. The molecule has 1 unspecified atom stereocenters. The van der Waals surface area contributed by atoms with E-state index in [4.69, 9.17) is 4.74 Å². The number of rotatable bonds is 8. The van der Waals surface area contributed by atoms with Gasteiger partial charge in [-0.15, -0.1) is 0 Å². The van der Waals surface area contributed by atoms with Gasteiger partial charge in [-0.3, -0.25) is 4.21 Å². The first-order valence-electron chi connectivity index (χ1n) is 12.7. The monoisotopic (exact) mass is 527 g/mol. The third kappa shape index (κ3) is 5.52. The topological polar surface area (TPSA) is 96.4 Å². The van der Waals surface area contributed by atoms with Crippen molar-refractivity contribution in [3.8, 4) is 0 Å². The highest BCUT2D eigenvalue weighted by atomic mass is 32.2. The number of ether oxygens (including phenoxy) is 1. The zero-order valence-corrected chi connectivity index (χ0v) is 22.5. The van der Waals surface area contributed by atoms with Crippen molar-refractivity contribution in [3.63, 3.8) is 0 Å². The van der Waals surface area contributed by atoms with Crippen LogP contribution < -0.4 is 15.1 Å². The standard InChI is InChI=1S/C26H34FN7O2S/c1-16(2)18-5-6-22(34-11-17(12-34)14-37(4)35)20-10-28-24(9-19(18)20)31-25-29-15-30-26(32-25)33-8-7-23(36-3)21(27)13-33/h5-6,9-10,15-17,21,23H,7-8,11-14H2,1-4H3,(H,28,29,30,31,32)/t21-,23+,37?/m1/s1. The van der Waals surface area contributed by atoms with Crippen molar-refractivity contribution in [2.75, 3.05) is 60.4 Å². The summed E-state index contributed by atoms with van der Waals surface area (Å²) in [6, 6.07) is 6.40. The Kier molecular flexibility index (Phi) is 7.52. The van der Waals surface area contributed by atoms with Crippen molar-refractivity contribution in [1.82, 2.24) is 19.9 Å². The lowest BCUT2D eigenvalue weighted by molar-refractivity contribution is 0.0194. The molecular weight excluding hydrogens is 493 g/mol. The van der Waals surface area contributed by atoms with Gasteiger partial charge < -0.3 is 19.9 Å². The highest BCUT2D eigenvalue weighted by Gasteiger charge is 2.31. The molecule has 0 bridgehead atoms. The third-order valence-corrected chi connectivity index (χ3v) is 8.11. The molecule has 2 aliphatic heterocycles. The summed E-state index contributed by atoms with van der Waals surface area (Å²) in [5.41, 5.74) is 2.39. The third-order valence-electron chi connectivity index (χ3n) is 7.17. The van der Waals surface area contributed by atoms with Crippen LogP contribution in [0.4, 0.5) is 27.8 Å². The molecule has 2 saturated heterocycles. The minimum Gasteiger partial charge on any atom is -0.378 e. The van der Waals surface area contributed by atoms with Gasteiger partial charge in [-0.1, -0.05) is 19.9 Å². The van der Waals surface area contributed by atoms with Crippen LogP contribution in [0.1, 0.15) is 31.7 Å². The predicted molar refractivity (Wildman–Crippen MR) is 146 cm³/mol. The molecule has 5 rings (SSSR count). The average molecular weight is 528 g/mol. The molecule has 4 heterocycles. The van der Waals surface area contributed by atoms with E-state index in [1.54, 1.807) is 6.26 Å². The zero-order chi connectivity index (χ0) is 26.1. The number of hydrogen-bond donors (Lipinski definition) is 1. The molecule has 9 nitrogen and oxygen atoms in total. The molecule has 3 atom stereocenters. The second-order valence-corrected chi connectivity index (χ2v) is 11.7. The first-order chi connectivity index (χ1) is 17.8. The average Bonchev–Trinajstić information content (AvgIpc) is 2.85. The van der Waals surface area contributed by atoms with Crippen LogP contribution in [-0.2, 0) is 15.5 Å². The van der Waals surface area contributed by atoms with Gasteiger partial charge in [-0.05, 0) is 35.4 Å². The summed E-state index contributed by atoms with van der Waals surface area (Å²) in [4.78, 5) is 21.9. The van der Waals surface area contributed by atoms with Crippen LogP contribution in [-0.4, -0.2) is 81.7 Å². The van der Waals surface area contributed by atoms with E-state index in [-0.39, 0.29) is 6.54 Å². The second-order valence-electron chi connectivity index (χ2n) is 10.2. The summed E-state index contributed by atoms with van der Waals surface area (Å²) in [7, 11) is 0.766. The molecular formula is C26H34FN7O2S. The Morgan fingerprint density at radius 1 is 1.16 bits per heavy atom. The van der Waals surface area contributed by atoms with Gasteiger partial charge in [0.2, 0.25) is 11.9 Å². The zero-order valence-electron chi connectivity index (χ0n) is 21.7. The van der Waals surface area contributed by atoms with E-state index in [2.05, 4.69) is 56.1 Å². The fourth-order valence-electron chi connectivity index (χ4n) is 5.24. The Balaban J connectivity index is 1.38. The number of hydrogen-bond acceptors (Lipinski definition) is 9. The molecule has 0 spiro atoms. The minimum absolute atomic E-state index is 0.183. The number of halogens is 1. The fourth-order valence-corrected chi connectivity index (χ4v) is 6.12. The van der Waals surface area contributed by atoms with Crippen molar-refractivity contribution in [1.29, 1.82) is 0 Å². The lowest BCUT2D eigenvalue weighted by Gasteiger charge is -2.41. The SMILES string of the molecule is CO[C@H]1CCN(c2ncnc(Nc3cc4c(C(C)C)ccc(N5CC(CS(C)=O)C5)c4cn3)n2)C[C@H]1F. The van der Waals surface area contributed by atoms with Gasteiger partial charge in [0.25, 0.3) is 0 Å². The van der Waals surface area contributed by atoms with Gasteiger partial charge in [-0.2, -0.15) is 4.98 Å². The van der Waals surface area contributed by atoms with Crippen molar-refractivity contribution in [2.45, 2.75) is 38.5 Å². The van der Waals surface area contributed by atoms with Gasteiger partial charge in [0.1, 0.15) is 18.3 Å². The normalized spacial score (nSPS) is 21.4.